The Balaban J connectivity index is 0.000000597. The van der Waals surface area contributed by atoms with Crippen molar-refractivity contribution in [3.05, 3.63) is 0 Å². The lowest BCUT2D eigenvalue weighted by molar-refractivity contribution is -0.0908. The molecule has 0 aromatic heterocycles. The van der Waals surface area contributed by atoms with E-state index in [2.05, 4.69) is 56.9 Å². The molecule has 10 atom stereocenters. The maximum Gasteiger partial charge on any atom is 0.335 e. The molecular weight excluding hydrogens is 889 g/mol. The van der Waals surface area contributed by atoms with E-state index in [1.54, 1.807) is 0 Å². The Bertz CT molecular complexity index is 1730. The van der Waals surface area contributed by atoms with Crippen LogP contribution >= 0.6 is 34.8 Å². The van der Waals surface area contributed by atoms with Gasteiger partial charge in [-0.2, -0.15) is 38.1 Å². The van der Waals surface area contributed by atoms with E-state index in [0.29, 0.717) is 0 Å². The largest absolute Gasteiger partial charge is 0.335 e. The normalized spacial score (nSPS) is 44.5. The summed E-state index contributed by atoms with van der Waals surface area (Å²) in [5, 5.41) is 0. The van der Waals surface area contributed by atoms with Crippen LogP contribution in [0, 0.1) is 0 Å². The summed E-state index contributed by atoms with van der Waals surface area (Å²) in [6, 6.07) is 0. The highest BCUT2D eigenvalue weighted by molar-refractivity contribution is 8.12. The molecule has 4 aliphatic heterocycles. The monoisotopic (exact) mass is 912 g/mol. The van der Waals surface area contributed by atoms with Gasteiger partial charge in [-0.25, -0.2) is 42.1 Å². The third kappa shape index (κ3) is 12.8. The van der Waals surface area contributed by atoms with Gasteiger partial charge in [0.2, 0.25) is 12.1 Å². The lowest BCUT2D eigenvalue weighted by atomic mass is 10.8. The van der Waals surface area contributed by atoms with Crippen molar-refractivity contribution in [3.63, 3.8) is 0 Å². The van der Waals surface area contributed by atoms with Crippen LogP contribution in [-0.2, 0) is 113 Å². The van der Waals surface area contributed by atoms with Gasteiger partial charge >= 0.3 is 51.9 Å². The van der Waals surface area contributed by atoms with Crippen LogP contribution in [0.3, 0.4) is 0 Å². The van der Waals surface area contributed by atoms with Crippen LogP contribution in [-0.4, -0.2) is 117 Å². The molecule has 0 aliphatic carbocycles. The van der Waals surface area contributed by atoms with Crippen LogP contribution in [0.25, 0.3) is 0 Å². The van der Waals surface area contributed by atoms with E-state index >= 15 is 0 Å². The van der Waals surface area contributed by atoms with Crippen LogP contribution in [0.2, 0.25) is 0 Å². The van der Waals surface area contributed by atoms with Gasteiger partial charge in [-0.3, -0.25) is 12.5 Å². The highest BCUT2D eigenvalue weighted by Crippen LogP contribution is 2.28. The van der Waals surface area contributed by atoms with Crippen molar-refractivity contribution in [2.75, 3.05) is 13.6 Å². The van der Waals surface area contributed by atoms with Crippen LogP contribution < -0.4 is 0 Å². The van der Waals surface area contributed by atoms with Gasteiger partial charge in [0.1, 0.15) is 39.2 Å². The summed E-state index contributed by atoms with van der Waals surface area (Å²) in [6.45, 7) is -2.64. The molecule has 0 bridgehead atoms. The van der Waals surface area contributed by atoms with Crippen molar-refractivity contribution in [1.29, 1.82) is 0 Å². The minimum Gasteiger partial charge on any atom is -0.266 e. The molecule has 4 aliphatic rings. The number of alkyl halides is 5. The number of hydrogen-bond donors (Lipinski definition) is 0. The Morgan fingerprint density at radius 2 is 0.872 bits per heavy atom. The van der Waals surface area contributed by atoms with E-state index in [1.807, 2.05) is 0 Å². The lowest BCUT2D eigenvalue weighted by Gasteiger charge is -2.25. The van der Waals surface area contributed by atoms with Gasteiger partial charge < -0.3 is 0 Å². The average Bonchev–Trinajstić information content (AvgIpc) is 2.83. The second-order valence-corrected chi connectivity index (χ2v) is 26.3. The van der Waals surface area contributed by atoms with Gasteiger partial charge in [0.15, 0.2) is 19.9 Å². The van der Waals surface area contributed by atoms with Crippen molar-refractivity contribution >= 4 is 138 Å². The molecular formula is C14H25Cl3F2O20S8. The molecule has 4 fully saturated rings. The van der Waals surface area contributed by atoms with E-state index < -0.39 is 123 Å². The SMILES string of the molecule is C.C=S1(=O)OC(C)OS(=O)(=O)C1Cl.C=S1(=O)OC(F)OS(=O)(=O)C1Cl.C=S1(=O)OCOS(=O)(=O)C1Cl.C=S1(=O)OCOS(=O)(=O)C1F. The van der Waals surface area contributed by atoms with Gasteiger partial charge in [0.25, 0.3) is 0 Å². The molecule has 0 amide bonds. The van der Waals surface area contributed by atoms with Crippen molar-refractivity contribution in [2.24, 2.45) is 0 Å². The van der Waals surface area contributed by atoms with E-state index in [0.717, 1.165) is 0 Å². The number of halogens is 5. The van der Waals surface area contributed by atoms with Gasteiger partial charge in [-0.05, 0) is 30.4 Å². The zero-order chi connectivity index (χ0) is 36.5. The van der Waals surface area contributed by atoms with Crippen LogP contribution in [0.4, 0.5) is 8.78 Å². The molecule has 10 unspecified atom stereocenters. The van der Waals surface area contributed by atoms with Crippen molar-refractivity contribution in [3.8, 4) is 0 Å². The Morgan fingerprint density at radius 1 is 0.511 bits per heavy atom. The predicted octanol–water partition coefficient (Wildman–Crippen LogP) is -1.05. The zero-order valence-electron chi connectivity index (χ0n) is 22.0. The molecule has 47 heavy (non-hydrogen) atoms. The van der Waals surface area contributed by atoms with E-state index in [-0.39, 0.29) is 7.43 Å². The smallest absolute Gasteiger partial charge is 0.266 e. The Kier molecular flexibility index (Phi) is 16.4. The van der Waals surface area contributed by atoms with Crippen molar-refractivity contribution < 1.29 is 92.8 Å². The summed E-state index contributed by atoms with van der Waals surface area (Å²) in [5.74, 6) is 11.7. The van der Waals surface area contributed by atoms with Gasteiger partial charge in [-0.1, -0.05) is 42.2 Å². The second-order valence-electron chi connectivity index (χ2n) is 7.65. The number of rotatable bonds is 0. The zero-order valence-corrected chi connectivity index (χ0v) is 30.8. The standard InChI is InChI=1S/C4H7ClO5S2.C3H4ClFO5S2.C3H5ClO5S2.C3H5FO5S2.CH4/c1-3-9-11(2,6)4(5)12(7,8)10-3;1-11(6)2(4)12(7,8)10-3(5)9-11;2*1-10(5)3(4)11(6,7)9-2-8-10;/h3-4H,2H2,1H3;2-3H,1H2;2*3H,1-2H2;1H4. The Labute approximate surface area is 286 Å². The molecule has 0 aromatic carbocycles. The minimum atomic E-state index is -4.40. The van der Waals surface area contributed by atoms with E-state index in [9.17, 15) is 59.3 Å². The van der Waals surface area contributed by atoms with Crippen molar-refractivity contribution in [2.45, 2.75) is 44.1 Å². The van der Waals surface area contributed by atoms with E-state index in [4.69, 9.17) is 34.8 Å². The molecule has 0 spiro atoms. The molecule has 4 saturated heterocycles. The maximum atomic E-state index is 12.6. The fourth-order valence-corrected chi connectivity index (χ4v) is 13.1. The first-order chi connectivity index (χ1) is 20.2. The van der Waals surface area contributed by atoms with Crippen molar-refractivity contribution in [1.82, 2.24) is 0 Å². The summed E-state index contributed by atoms with van der Waals surface area (Å²) in [6.07, 6.45) is -1.10. The fraction of sp³-hybridized carbons (Fsp3) is 0.714. The lowest BCUT2D eigenvalue weighted by Crippen LogP contribution is -2.39. The molecule has 0 saturated carbocycles. The minimum absolute atomic E-state index is 0. The summed E-state index contributed by atoms with van der Waals surface area (Å²) in [5.41, 5.74) is 0. The molecule has 0 aromatic rings. The predicted molar refractivity (Wildman–Crippen MR) is 170 cm³/mol. The fourth-order valence-electron chi connectivity index (χ4n) is 2.13. The third-order valence-electron chi connectivity index (χ3n) is 3.97. The average molecular weight is 914 g/mol. The van der Waals surface area contributed by atoms with Crippen LogP contribution in [0.15, 0.2) is 0 Å². The first-order valence-electron chi connectivity index (χ1n) is 10.1. The molecule has 0 radical (unpaired) electrons. The summed E-state index contributed by atoms with van der Waals surface area (Å²) in [7, 11) is -30.5. The van der Waals surface area contributed by atoms with E-state index in [1.165, 1.54) is 6.92 Å². The topological polar surface area (TPSA) is 279 Å². The van der Waals surface area contributed by atoms with Crippen LogP contribution in [0.1, 0.15) is 14.4 Å². The Morgan fingerprint density at radius 3 is 1.21 bits per heavy atom. The molecule has 4 rings (SSSR count). The number of hydrogen-bond acceptors (Lipinski definition) is 20. The maximum absolute atomic E-state index is 12.6. The molecule has 20 nitrogen and oxygen atoms in total. The quantitative estimate of drug-likeness (QED) is 0.159. The Hall–Kier alpha value is 0.290. The van der Waals surface area contributed by atoms with Gasteiger partial charge in [0.05, 0.1) is 0 Å². The first-order valence-corrected chi connectivity index (χ1v) is 24.2. The van der Waals surface area contributed by atoms with Gasteiger partial charge in [0, 0.05) is 0 Å². The highest BCUT2D eigenvalue weighted by Gasteiger charge is 2.43. The summed E-state index contributed by atoms with van der Waals surface area (Å²) < 4.78 is 182. The summed E-state index contributed by atoms with van der Waals surface area (Å²) >= 11 is 15.6. The molecule has 284 valence electrons. The summed E-state index contributed by atoms with van der Waals surface area (Å²) in [4.78, 5) is -2.69. The third-order valence-corrected chi connectivity index (χ3v) is 22.7. The molecule has 0 N–H and O–H groups in total. The molecule has 33 heteroatoms. The first kappa shape index (κ1) is 47.3. The molecule has 4 heterocycles. The van der Waals surface area contributed by atoms with Gasteiger partial charge in [-0.15, -0.1) is 0 Å². The van der Waals surface area contributed by atoms with Crippen LogP contribution in [0.5, 0.6) is 0 Å². The second kappa shape index (κ2) is 16.3. The highest BCUT2D eigenvalue weighted by atomic mass is 35.5.